The van der Waals surface area contributed by atoms with Crippen molar-refractivity contribution < 1.29 is 0 Å². The lowest BCUT2D eigenvalue weighted by atomic mass is 10.1. The minimum absolute atomic E-state index is 0.258. The Morgan fingerprint density at radius 3 is 2.78 bits per heavy atom. The van der Waals surface area contributed by atoms with Crippen molar-refractivity contribution in [3.8, 4) is 11.4 Å². The molecule has 0 aliphatic rings. The molecular weight excluding hydrogens is 226 g/mol. The molecule has 18 heavy (non-hydrogen) atoms. The number of nitrogens with two attached hydrogens (primary N) is 1. The Balaban J connectivity index is 2.31. The molecule has 2 N–H and O–H groups in total. The van der Waals surface area contributed by atoms with E-state index in [1.54, 1.807) is 16.8 Å². The largest absolute Gasteiger partial charge is 0.366 e. The standard InChI is InChI=1S/C13H13N5/c1-8-3-4-10(9(2)7-8)12-15-6-5-11-16-13(14)17-18(11)12/h3-7H,1-2H3,(H2,14,17). The predicted molar refractivity (Wildman–Crippen MR) is 70.1 cm³/mol. The molecule has 0 radical (unpaired) electrons. The van der Waals surface area contributed by atoms with Crippen LogP contribution in [0.1, 0.15) is 11.1 Å². The number of fused-ring (bicyclic) bond motifs is 1. The number of nitrogens with zero attached hydrogens (tertiary/aromatic N) is 4. The number of aromatic nitrogens is 4. The second-order valence-electron chi connectivity index (χ2n) is 4.33. The third-order valence-electron chi connectivity index (χ3n) is 2.89. The highest BCUT2D eigenvalue weighted by atomic mass is 15.3. The highest BCUT2D eigenvalue weighted by Gasteiger charge is 2.10. The van der Waals surface area contributed by atoms with Gasteiger partial charge in [0.2, 0.25) is 5.95 Å². The first-order valence-corrected chi connectivity index (χ1v) is 5.70. The van der Waals surface area contributed by atoms with Crippen molar-refractivity contribution >= 4 is 11.6 Å². The minimum Gasteiger partial charge on any atom is -0.366 e. The summed E-state index contributed by atoms with van der Waals surface area (Å²) in [4.78, 5) is 8.52. The zero-order valence-electron chi connectivity index (χ0n) is 10.3. The lowest BCUT2D eigenvalue weighted by Gasteiger charge is -2.07. The third-order valence-corrected chi connectivity index (χ3v) is 2.89. The molecule has 0 saturated heterocycles. The van der Waals surface area contributed by atoms with Gasteiger partial charge in [0.15, 0.2) is 11.5 Å². The fraction of sp³-hybridized carbons (Fsp3) is 0.154. The smallest absolute Gasteiger partial charge is 0.240 e. The lowest BCUT2D eigenvalue weighted by molar-refractivity contribution is 0.937. The monoisotopic (exact) mass is 239 g/mol. The number of hydrogen-bond acceptors (Lipinski definition) is 4. The van der Waals surface area contributed by atoms with Crippen molar-refractivity contribution in [2.45, 2.75) is 13.8 Å². The van der Waals surface area contributed by atoms with Gasteiger partial charge >= 0.3 is 0 Å². The van der Waals surface area contributed by atoms with Crippen LogP contribution in [0, 0.1) is 13.8 Å². The van der Waals surface area contributed by atoms with Gasteiger partial charge in [0, 0.05) is 17.8 Å². The molecule has 1 aromatic carbocycles. The fourth-order valence-electron chi connectivity index (χ4n) is 2.08. The van der Waals surface area contributed by atoms with E-state index in [2.05, 4.69) is 41.0 Å². The Kier molecular flexibility index (Phi) is 2.26. The summed E-state index contributed by atoms with van der Waals surface area (Å²) in [6.07, 6.45) is 1.72. The molecule has 0 unspecified atom stereocenters. The Morgan fingerprint density at radius 2 is 2.00 bits per heavy atom. The second kappa shape index (κ2) is 3.80. The molecule has 0 spiro atoms. The van der Waals surface area contributed by atoms with Crippen molar-refractivity contribution in [1.29, 1.82) is 0 Å². The average Bonchev–Trinajstić information content (AvgIpc) is 2.69. The first kappa shape index (κ1) is 10.7. The van der Waals surface area contributed by atoms with Gasteiger partial charge in [-0.2, -0.15) is 9.50 Å². The summed E-state index contributed by atoms with van der Waals surface area (Å²) in [7, 11) is 0. The fourth-order valence-corrected chi connectivity index (χ4v) is 2.08. The van der Waals surface area contributed by atoms with Gasteiger partial charge in [0.1, 0.15) is 0 Å². The molecule has 2 aromatic heterocycles. The molecule has 0 bridgehead atoms. The molecular formula is C13H13N5. The van der Waals surface area contributed by atoms with Gasteiger partial charge in [0.05, 0.1) is 0 Å². The molecule has 0 atom stereocenters. The summed E-state index contributed by atoms with van der Waals surface area (Å²) in [6.45, 7) is 4.13. The number of aryl methyl sites for hydroxylation is 2. The number of hydrogen-bond donors (Lipinski definition) is 1. The predicted octanol–water partition coefficient (Wildman–Crippen LogP) is 1.99. The van der Waals surface area contributed by atoms with E-state index in [0.29, 0.717) is 5.65 Å². The van der Waals surface area contributed by atoms with E-state index in [-0.39, 0.29) is 5.95 Å². The summed E-state index contributed by atoms with van der Waals surface area (Å²) in [5, 5.41) is 4.17. The summed E-state index contributed by atoms with van der Waals surface area (Å²) in [5.74, 6) is 1.02. The quantitative estimate of drug-likeness (QED) is 0.705. The number of nitrogen functional groups attached to an aromatic ring is 1. The van der Waals surface area contributed by atoms with Gasteiger partial charge in [-0.15, -0.1) is 5.10 Å². The van der Waals surface area contributed by atoms with Gasteiger partial charge < -0.3 is 5.73 Å². The first-order chi connectivity index (χ1) is 8.65. The maximum Gasteiger partial charge on any atom is 0.240 e. The number of anilines is 1. The van der Waals surface area contributed by atoms with Crippen LogP contribution in [0.3, 0.4) is 0 Å². The summed E-state index contributed by atoms with van der Waals surface area (Å²) in [5.41, 5.74) is 9.75. The second-order valence-corrected chi connectivity index (χ2v) is 4.33. The van der Waals surface area contributed by atoms with E-state index in [1.807, 2.05) is 6.07 Å². The van der Waals surface area contributed by atoms with E-state index in [1.165, 1.54) is 5.56 Å². The molecule has 90 valence electrons. The molecule has 0 aliphatic carbocycles. The van der Waals surface area contributed by atoms with Crippen LogP contribution in [0.2, 0.25) is 0 Å². The van der Waals surface area contributed by atoms with Gasteiger partial charge in [-0.1, -0.05) is 23.8 Å². The topological polar surface area (TPSA) is 69.1 Å². The zero-order valence-corrected chi connectivity index (χ0v) is 10.3. The third kappa shape index (κ3) is 1.60. The lowest BCUT2D eigenvalue weighted by Crippen LogP contribution is -1.99. The van der Waals surface area contributed by atoms with Crippen molar-refractivity contribution in [2.24, 2.45) is 0 Å². The summed E-state index contributed by atoms with van der Waals surface area (Å²) >= 11 is 0. The van der Waals surface area contributed by atoms with E-state index in [0.717, 1.165) is 17.0 Å². The van der Waals surface area contributed by atoms with Crippen LogP contribution in [0.25, 0.3) is 17.0 Å². The molecule has 3 aromatic rings. The SMILES string of the molecule is Cc1ccc(-c2nccc3nc(N)nn23)c(C)c1. The van der Waals surface area contributed by atoms with Crippen LogP contribution in [0.15, 0.2) is 30.5 Å². The molecule has 0 fully saturated rings. The van der Waals surface area contributed by atoms with Crippen molar-refractivity contribution in [3.63, 3.8) is 0 Å². The van der Waals surface area contributed by atoms with E-state index < -0.39 is 0 Å². The number of benzene rings is 1. The minimum atomic E-state index is 0.258. The summed E-state index contributed by atoms with van der Waals surface area (Å²) in [6, 6.07) is 8.01. The molecule has 0 saturated carbocycles. The Bertz CT molecular complexity index is 729. The van der Waals surface area contributed by atoms with Crippen LogP contribution >= 0.6 is 0 Å². The van der Waals surface area contributed by atoms with Crippen LogP contribution in [0.5, 0.6) is 0 Å². The van der Waals surface area contributed by atoms with E-state index in [4.69, 9.17) is 5.73 Å². The summed E-state index contributed by atoms with van der Waals surface area (Å²) < 4.78 is 1.67. The number of rotatable bonds is 1. The Labute approximate surface area is 104 Å². The molecule has 5 heteroatoms. The van der Waals surface area contributed by atoms with Crippen LogP contribution in [-0.4, -0.2) is 19.6 Å². The first-order valence-electron chi connectivity index (χ1n) is 5.70. The van der Waals surface area contributed by atoms with Crippen molar-refractivity contribution in [1.82, 2.24) is 19.6 Å². The van der Waals surface area contributed by atoms with Crippen molar-refractivity contribution in [3.05, 3.63) is 41.6 Å². The van der Waals surface area contributed by atoms with Crippen molar-refractivity contribution in [2.75, 3.05) is 5.73 Å². The van der Waals surface area contributed by atoms with Crippen LogP contribution in [-0.2, 0) is 0 Å². The molecule has 0 amide bonds. The van der Waals surface area contributed by atoms with E-state index >= 15 is 0 Å². The molecule has 3 rings (SSSR count). The highest BCUT2D eigenvalue weighted by Crippen LogP contribution is 2.22. The molecule has 0 aliphatic heterocycles. The Morgan fingerprint density at radius 1 is 1.17 bits per heavy atom. The maximum absolute atomic E-state index is 5.63. The van der Waals surface area contributed by atoms with Gasteiger partial charge in [-0.25, -0.2) is 4.98 Å². The van der Waals surface area contributed by atoms with Gasteiger partial charge in [-0.05, 0) is 19.4 Å². The Hall–Kier alpha value is -2.43. The van der Waals surface area contributed by atoms with Crippen LogP contribution < -0.4 is 5.73 Å². The normalized spacial score (nSPS) is 11.0. The maximum atomic E-state index is 5.63. The average molecular weight is 239 g/mol. The molecule has 2 heterocycles. The highest BCUT2D eigenvalue weighted by molar-refractivity contribution is 5.63. The van der Waals surface area contributed by atoms with Gasteiger partial charge in [-0.3, -0.25) is 0 Å². The molecule has 5 nitrogen and oxygen atoms in total. The van der Waals surface area contributed by atoms with E-state index in [9.17, 15) is 0 Å². The van der Waals surface area contributed by atoms with Crippen LogP contribution in [0.4, 0.5) is 5.95 Å². The van der Waals surface area contributed by atoms with Gasteiger partial charge in [0.25, 0.3) is 0 Å². The zero-order chi connectivity index (χ0) is 12.7.